The summed E-state index contributed by atoms with van der Waals surface area (Å²) in [5.41, 5.74) is 1.34. The number of halogens is 3. The molecule has 2 fully saturated rings. The van der Waals surface area contributed by atoms with Gasteiger partial charge in [0.2, 0.25) is 5.91 Å². The number of amides is 2. The summed E-state index contributed by atoms with van der Waals surface area (Å²) in [6.07, 6.45) is -0.884. The zero-order valence-corrected chi connectivity index (χ0v) is 16.5. The number of carbonyl (C=O) groups excluding carboxylic acids is 2. The van der Waals surface area contributed by atoms with Gasteiger partial charge in [-0.15, -0.1) is 0 Å². The van der Waals surface area contributed by atoms with Crippen LogP contribution in [0, 0.1) is 5.92 Å². The first-order valence-electron chi connectivity index (χ1n) is 8.44. The Morgan fingerprint density at radius 2 is 1.63 bits per heavy atom. The number of likely N-dealkylation sites (tertiary alicyclic amines) is 1. The largest absolute Gasteiger partial charge is 0.280 e. The molecule has 2 aromatic rings. The van der Waals surface area contributed by atoms with Crippen LogP contribution in [0.5, 0.6) is 0 Å². The highest BCUT2D eigenvalue weighted by molar-refractivity contribution is 6.35. The highest BCUT2D eigenvalue weighted by Crippen LogP contribution is 2.48. The van der Waals surface area contributed by atoms with E-state index in [-0.39, 0.29) is 11.8 Å². The second-order valence-corrected chi connectivity index (χ2v) is 7.67. The number of likely N-dealkylation sites (N-methyl/N-ethyl adjacent to an activating group) is 1. The van der Waals surface area contributed by atoms with Crippen molar-refractivity contribution in [3.8, 4) is 0 Å². The van der Waals surface area contributed by atoms with Crippen LogP contribution in [0.1, 0.15) is 18.5 Å². The summed E-state index contributed by atoms with van der Waals surface area (Å²) >= 11 is 18.4. The Bertz CT molecular complexity index is 919. The van der Waals surface area contributed by atoms with Crippen LogP contribution in [-0.2, 0) is 14.4 Å². The van der Waals surface area contributed by atoms with Gasteiger partial charge in [-0.1, -0.05) is 40.9 Å². The highest BCUT2D eigenvalue weighted by Gasteiger charge is 2.59. The number of hydrogen-bond acceptors (Lipinski definition) is 4. The van der Waals surface area contributed by atoms with Gasteiger partial charge in [0.15, 0.2) is 6.10 Å². The van der Waals surface area contributed by atoms with E-state index in [1.54, 1.807) is 54.5 Å². The van der Waals surface area contributed by atoms with E-state index in [1.165, 1.54) is 4.90 Å². The van der Waals surface area contributed by atoms with Gasteiger partial charge < -0.3 is 0 Å². The average Bonchev–Trinajstić information content (AvgIpc) is 3.12. The number of anilines is 1. The summed E-state index contributed by atoms with van der Waals surface area (Å²) in [4.78, 5) is 32.8. The van der Waals surface area contributed by atoms with Crippen molar-refractivity contribution >= 4 is 52.3 Å². The third kappa shape index (κ3) is 2.99. The van der Waals surface area contributed by atoms with Crippen molar-refractivity contribution < 1.29 is 14.4 Å². The van der Waals surface area contributed by atoms with E-state index in [0.717, 1.165) is 0 Å². The van der Waals surface area contributed by atoms with Crippen LogP contribution in [-0.4, -0.2) is 29.4 Å². The van der Waals surface area contributed by atoms with Crippen molar-refractivity contribution in [2.24, 2.45) is 5.92 Å². The van der Waals surface area contributed by atoms with Crippen LogP contribution in [0.3, 0.4) is 0 Å². The Morgan fingerprint density at radius 3 is 2.26 bits per heavy atom. The number of hydroxylamine groups is 1. The maximum absolute atomic E-state index is 12.9. The van der Waals surface area contributed by atoms with Gasteiger partial charge in [0.05, 0.1) is 11.7 Å². The van der Waals surface area contributed by atoms with E-state index in [2.05, 4.69) is 0 Å². The molecule has 2 aliphatic heterocycles. The molecule has 0 aliphatic carbocycles. The lowest BCUT2D eigenvalue weighted by atomic mass is 9.90. The molecule has 27 heavy (non-hydrogen) atoms. The SMILES string of the molecule is CCN1C(=O)C2ON(c3ccc(Cl)cc3)C(c3ccc(Cl)cc3Cl)C2C1=O. The van der Waals surface area contributed by atoms with Crippen LogP contribution in [0.15, 0.2) is 42.5 Å². The van der Waals surface area contributed by atoms with Crippen molar-refractivity contribution in [2.75, 3.05) is 11.6 Å². The molecule has 2 saturated heterocycles. The first kappa shape index (κ1) is 18.6. The lowest BCUT2D eigenvalue weighted by Crippen LogP contribution is -2.37. The second kappa shape index (κ2) is 6.99. The van der Waals surface area contributed by atoms with Gasteiger partial charge >= 0.3 is 0 Å². The zero-order valence-electron chi connectivity index (χ0n) is 14.2. The summed E-state index contributed by atoms with van der Waals surface area (Å²) in [6.45, 7) is 2.06. The van der Waals surface area contributed by atoms with Gasteiger partial charge in [-0.2, -0.15) is 0 Å². The van der Waals surface area contributed by atoms with Crippen molar-refractivity contribution in [2.45, 2.75) is 19.1 Å². The average molecular weight is 426 g/mol. The minimum absolute atomic E-state index is 0.264. The normalized spacial score (nSPS) is 24.7. The third-order valence-corrected chi connectivity index (χ3v) is 5.70. The fourth-order valence-electron chi connectivity index (χ4n) is 3.65. The van der Waals surface area contributed by atoms with Gasteiger partial charge in [-0.05, 0) is 48.9 Å². The molecule has 2 aliphatic rings. The molecule has 0 saturated carbocycles. The molecule has 3 atom stereocenters. The summed E-state index contributed by atoms with van der Waals surface area (Å²) in [5.74, 6) is -1.29. The standard InChI is InChI=1S/C19H15Cl3N2O3/c1-2-23-18(25)15-16(13-8-5-11(21)9-14(13)22)24(27-17(15)19(23)26)12-6-3-10(20)4-7-12/h3-9,15-17H,2H2,1H3. The molecule has 0 radical (unpaired) electrons. The molecule has 0 N–H and O–H groups in total. The molecule has 0 bridgehead atoms. The monoisotopic (exact) mass is 424 g/mol. The number of nitrogens with zero attached hydrogens (tertiary/aromatic N) is 2. The Kier molecular flexibility index (Phi) is 4.80. The van der Waals surface area contributed by atoms with Gasteiger partial charge in [-0.3, -0.25) is 19.3 Å². The molecule has 3 unspecified atom stereocenters. The fraction of sp³-hybridized carbons (Fsp3) is 0.263. The molecule has 4 rings (SSSR count). The van der Waals surface area contributed by atoms with Crippen LogP contribution in [0.4, 0.5) is 5.69 Å². The number of fused-ring (bicyclic) bond motifs is 1. The van der Waals surface area contributed by atoms with Crippen LogP contribution >= 0.6 is 34.8 Å². The number of imide groups is 1. The fourth-order valence-corrected chi connectivity index (χ4v) is 4.30. The van der Waals surface area contributed by atoms with Gasteiger partial charge in [0.25, 0.3) is 5.91 Å². The molecule has 140 valence electrons. The predicted molar refractivity (Wildman–Crippen MR) is 104 cm³/mol. The molecule has 2 aromatic carbocycles. The first-order chi connectivity index (χ1) is 12.9. The van der Waals surface area contributed by atoms with Gasteiger partial charge in [-0.25, -0.2) is 5.06 Å². The first-order valence-corrected chi connectivity index (χ1v) is 9.57. The number of hydrogen-bond donors (Lipinski definition) is 0. The lowest BCUT2D eigenvalue weighted by molar-refractivity contribution is -0.142. The van der Waals surface area contributed by atoms with Crippen molar-refractivity contribution in [1.29, 1.82) is 0 Å². The molecular formula is C19H15Cl3N2O3. The van der Waals surface area contributed by atoms with E-state index in [4.69, 9.17) is 39.6 Å². The van der Waals surface area contributed by atoms with E-state index in [9.17, 15) is 9.59 Å². The Morgan fingerprint density at radius 1 is 0.963 bits per heavy atom. The smallest absolute Gasteiger partial charge is 0.261 e. The number of rotatable bonds is 3. The summed E-state index contributed by atoms with van der Waals surface area (Å²) in [7, 11) is 0. The van der Waals surface area contributed by atoms with Gasteiger partial charge in [0.1, 0.15) is 5.92 Å². The molecule has 2 heterocycles. The Hall–Kier alpha value is -1.79. The Balaban J connectivity index is 1.83. The second-order valence-electron chi connectivity index (χ2n) is 6.39. The maximum atomic E-state index is 12.9. The van der Waals surface area contributed by atoms with Crippen LogP contribution in [0.25, 0.3) is 0 Å². The molecule has 0 aromatic heterocycles. The van der Waals surface area contributed by atoms with Gasteiger partial charge in [0, 0.05) is 21.6 Å². The number of carbonyl (C=O) groups is 2. The molecular weight excluding hydrogens is 411 g/mol. The Labute approximate surface area is 171 Å². The zero-order chi connectivity index (χ0) is 19.3. The molecule has 0 spiro atoms. The predicted octanol–water partition coefficient (Wildman–Crippen LogP) is 4.51. The highest BCUT2D eigenvalue weighted by atomic mass is 35.5. The number of benzene rings is 2. The molecule has 8 heteroatoms. The van der Waals surface area contributed by atoms with E-state index >= 15 is 0 Å². The molecule has 5 nitrogen and oxygen atoms in total. The third-order valence-electron chi connectivity index (χ3n) is 4.89. The summed E-state index contributed by atoms with van der Waals surface area (Å²) in [6, 6.07) is 11.5. The summed E-state index contributed by atoms with van der Waals surface area (Å²) < 4.78 is 0. The van der Waals surface area contributed by atoms with Crippen molar-refractivity contribution in [1.82, 2.24) is 4.90 Å². The van der Waals surface area contributed by atoms with E-state index in [1.807, 2.05) is 0 Å². The lowest BCUT2D eigenvalue weighted by Gasteiger charge is -2.29. The topological polar surface area (TPSA) is 49.9 Å². The minimum Gasteiger partial charge on any atom is -0.280 e. The van der Waals surface area contributed by atoms with Crippen LogP contribution < -0.4 is 5.06 Å². The quantitative estimate of drug-likeness (QED) is 0.679. The van der Waals surface area contributed by atoms with Crippen molar-refractivity contribution in [3.05, 3.63) is 63.1 Å². The van der Waals surface area contributed by atoms with Crippen molar-refractivity contribution in [3.63, 3.8) is 0 Å². The maximum Gasteiger partial charge on any atom is 0.261 e. The minimum atomic E-state index is -0.884. The molecule has 2 amide bonds. The van der Waals surface area contributed by atoms with Crippen LogP contribution in [0.2, 0.25) is 15.1 Å². The van der Waals surface area contributed by atoms with E-state index < -0.39 is 18.1 Å². The van der Waals surface area contributed by atoms with E-state index in [0.29, 0.717) is 32.9 Å². The summed E-state index contributed by atoms with van der Waals surface area (Å²) in [5, 5.41) is 3.04.